The minimum atomic E-state index is 0. The molecule has 0 saturated carbocycles. The van der Waals surface area contributed by atoms with Crippen molar-refractivity contribution >= 4 is 0 Å². The molecule has 2 aliphatic rings. The van der Waals surface area contributed by atoms with Gasteiger partial charge in [0.05, 0.1) is 12.2 Å². The number of hydrogen-bond acceptors (Lipinski definition) is 4. The van der Waals surface area contributed by atoms with Gasteiger partial charge in [-0.2, -0.15) is 0 Å². The number of methoxy groups -OCH3 is 2. The maximum atomic E-state index is 5.12. The molecule has 17 heavy (non-hydrogen) atoms. The first-order chi connectivity index (χ1) is 7.86. The van der Waals surface area contributed by atoms with Gasteiger partial charge < -0.3 is 24.4 Å². The van der Waals surface area contributed by atoms with Gasteiger partial charge in [0.2, 0.25) is 0 Å². The Kier molecular flexibility index (Phi) is 10.8. The minimum Gasteiger partial charge on any atom is -0.412 e. The second-order valence-electron chi connectivity index (χ2n) is 4.09. The highest BCUT2D eigenvalue weighted by atomic mass is 16.5. The molecular formula is C12H26O5. The molecule has 0 radical (unpaired) electrons. The first kappa shape index (κ1) is 16.8. The molecule has 2 rings (SSSR count). The topological polar surface area (TPSA) is 68.4 Å². The normalized spacial score (nSPS) is 22.2. The predicted molar refractivity (Wildman–Crippen MR) is 65.3 cm³/mol. The molecule has 0 aromatic carbocycles. The van der Waals surface area contributed by atoms with Gasteiger partial charge in [-0.1, -0.05) is 0 Å². The largest absolute Gasteiger partial charge is 0.412 e. The van der Waals surface area contributed by atoms with Crippen molar-refractivity contribution < 1.29 is 24.4 Å². The fourth-order valence-electron chi connectivity index (χ4n) is 1.82. The molecule has 0 amide bonds. The second kappa shape index (κ2) is 10.9. The molecule has 5 heteroatoms. The lowest BCUT2D eigenvalue weighted by Crippen LogP contribution is -2.21. The van der Waals surface area contributed by atoms with Gasteiger partial charge >= 0.3 is 0 Å². The highest BCUT2D eigenvalue weighted by Crippen LogP contribution is 2.08. The SMILES string of the molecule is COC1CCOCC1.COC1CCOCC1.O. The summed E-state index contributed by atoms with van der Waals surface area (Å²) in [5.41, 5.74) is 0. The molecule has 2 aliphatic heterocycles. The molecule has 0 unspecified atom stereocenters. The van der Waals surface area contributed by atoms with Crippen LogP contribution in [0, 0.1) is 0 Å². The zero-order valence-corrected chi connectivity index (χ0v) is 10.9. The van der Waals surface area contributed by atoms with Crippen LogP contribution in [0.25, 0.3) is 0 Å². The minimum absolute atomic E-state index is 0. The van der Waals surface area contributed by atoms with E-state index < -0.39 is 0 Å². The van der Waals surface area contributed by atoms with E-state index in [9.17, 15) is 0 Å². The van der Waals surface area contributed by atoms with Crippen LogP contribution in [-0.2, 0) is 18.9 Å². The van der Waals surface area contributed by atoms with Gasteiger partial charge in [-0.25, -0.2) is 0 Å². The summed E-state index contributed by atoms with van der Waals surface area (Å²) in [5.74, 6) is 0. The quantitative estimate of drug-likeness (QED) is 0.727. The molecule has 0 atom stereocenters. The third-order valence-corrected chi connectivity index (χ3v) is 3.00. The molecule has 0 spiro atoms. The Labute approximate surface area is 104 Å². The molecule has 2 N–H and O–H groups in total. The zero-order valence-electron chi connectivity index (χ0n) is 10.9. The maximum absolute atomic E-state index is 5.12. The molecule has 2 heterocycles. The first-order valence-electron chi connectivity index (χ1n) is 6.08. The van der Waals surface area contributed by atoms with E-state index in [0.29, 0.717) is 12.2 Å². The second-order valence-corrected chi connectivity index (χ2v) is 4.09. The molecule has 2 fully saturated rings. The average molecular weight is 250 g/mol. The zero-order chi connectivity index (χ0) is 11.6. The number of ether oxygens (including phenoxy) is 4. The van der Waals surface area contributed by atoms with Gasteiger partial charge in [0, 0.05) is 40.6 Å². The van der Waals surface area contributed by atoms with E-state index in [1.165, 1.54) is 0 Å². The molecule has 0 aromatic heterocycles. The van der Waals surface area contributed by atoms with Gasteiger partial charge in [0.1, 0.15) is 0 Å². The Morgan fingerprint density at radius 2 is 1.00 bits per heavy atom. The predicted octanol–water partition coefficient (Wildman–Crippen LogP) is 0.799. The van der Waals surface area contributed by atoms with Crippen LogP contribution in [0.3, 0.4) is 0 Å². The monoisotopic (exact) mass is 250 g/mol. The summed E-state index contributed by atoms with van der Waals surface area (Å²) in [6.45, 7) is 3.49. The van der Waals surface area contributed by atoms with Crippen molar-refractivity contribution in [1.82, 2.24) is 0 Å². The molecule has 0 bridgehead atoms. The van der Waals surface area contributed by atoms with Crippen LogP contribution in [0.1, 0.15) is 25.7 Å². The summed E-state index contributed by atoms with van der Waals surface area (Å²) >= 11 is 0. The Bertz CT molecular complexity index is 135. The summed E-state index contributed by atoms with van der Waals surface area (Å²) in [5, 5.41) is 0. The molecule has 0 aliphatic carbocycles. The number of rotatable bonds is 2. The summed E-state index contributed by atoms with van der Waals surface area (Å²) in [6.07, 6.45) is 5.19. The van der Waals surface area contributed by atoms with Gasteiger partial charge in [-0.05, 0) is 25.7 Å². The Balaban J connectivity index is 0.000000284. The van der Waals surface area contributed by atoms with Crippen molar-refractivity contribution in [2.75, 3.05) is 40.6 Å². The van der Waals surface area contributed by atoms with E-state index in [0.717, 1.165) is 52.1 Å². The third-order valence-electron chi connectivity index (χ3n) is 3.00. The standard InChI is InChI=1S/2C6H12O2.H2O/c2*1-7-6-2-4-8-5-3-6;/h2*6H,2-5H2,1H3;1H2. The molecule has 0 aromatic rings. The van der Waals surface area contributed by atoms with E-state index in [2.05, 4.69) is 0 Å². The van der Waals surface area contributed by atoms with Gasteiger partial charge in [-0.3, -0.25) is 0 Å². The van der Waals surface area contributed by atoms with Crippen molar-refractivity contribution in [3.05, 3.63) is 0 Å². The van der Waals surface area contributed by atoms with Crippen LogP contribution >= 0.6 is 0 Å². The fraction of sp³-hybridized carbons (Fsp3) is 1.00. The summed E-state index contributed by atoms with van der Waals surface area (Å²) in [7, 11) is 3.52. The van der Waals surface area contributed by atoms with Crippen LogP contribution in [-0.4, -0.2) is 58.3 Å². The molecule has 2 saturated heterocycles. The maximum Gasteiger partial charge on any atom is 0.0615 e. The Morgan fingerprint density at radius 3 is 1.18 bits per heavy atom. The molecular weight excluding hydrogens is 224 g/mol. The van der Waals surface area contributed by atoms with Gasteiger partial charge in [0.25, 0.3) is 0 Å². The summed E-state index contributed by atoms with van der Waals surface area (Å²) in [4.78, 5) is 0. The van der Waals surface area contributed by atoms with Crippen molar-refractivity contribution in [2.45, 2.75) is 37.9 Å². The van der Waals surface area contributed by atoms with E-state index in [4.69, 9.17) is 18.9 Å². The highest BCUT2D eigenvalue weighted by molar-refractivity contribution is 4.61. The fourth-order valence-corrected chi connectivity index (χ4v) is 1.82. The van der Waals surface area contributed by atoms with E-state index in [-0.39, 0.29) is 5.48 Å². The highest BCUT2D eigenvalue weighted by Gasteiger charge is 2.11. The van der Waals surface area contributed by atoms with Crippen LogP contribution in [0.15, 0.2) is 0 Å². The van der Waals surface area contributed by atoms with E-state index in [1.54, 1.807) is 14.2 Å². The van der Waals surface area contributed by atoms with Crippen LogP contribution < -0.4 is 0 Å². The van der Waals surface area contributed by atoms with E-state index in [1.807, 2.05) is 0 Å². The third kappa shape index (κ3) is 7.68. The summed E-state index contributed by atoms with van der Waals surface area (Å²) < 4.78 is 20.5. The van der Waals surface area contributed by atoms with Crippen LogP contribution in [0.5, 0.6) is 0 Å². The van der Waals surface area contributed by atoms with Crippen molar-refractivity contribution in [1.29, 1.82) is 0 Å². The molecule has 5 nitrogen and oxygen atoms in total. The van der Waals surface area contributed by atoms with Crippen LogP contribution in [0.2, 0.25) is 0 Å². The Hall–Kier alpha value is -0.200. The lowest BCUT2D eigenvalue weighted by molar-refractivity contribution is -0.0102. The lowest BCUT2D eigenvalue weighted by Gasteiger charge is -2.19. The van der Waals surface area contributed by atoms with Crippen molar-refractivity contribution in [3.63, 3.8) is 0 Å². The van der Waals surface area contributed by atoms with Crippen molar-refractivity contribution in [2.24, 2.45) is 0 Å². The summed E-state index contributed by atoms with van der Waals surface area (Å²) in [6, 6.07) is 0. The van der Waals surface area contributed by atoms with Gasteiger partial charge in [-0.15, -0.1) is 0 Å². The van der Waals surface area contributed by atoms with E-state index >= 15 is 0 Å². The lowest BCUT2D eigenvalue weighted by atomic mass is 10.2. The first-order valence-corrected chi connectivity index (χ1v) is 6.08. The Morgan fingerprint density at radius 1 is 0.706 bits per heavy atom. The smallest absolute Gasteiger partial charge is 0.0615 e. The average Bonchev–Trinajstić information content (AvgIpc) is 2.41. The van der Waals surface area contributed by atoms with Crippen LogP contribution in [0.4, 0.5) is 0 Å². The number of hydrogen-bond donors (Lipinski definition) is 0. The molecule has 104 valence electrons. The van der Waals surface area contributed by atoms with Crippen molar-refractivity contribution in [3.8, 4) is 0 Å². The van der Waals surface area contributed by atoms with Gasteiger partial charge in [0.15, 0.2) is 0 Å².